The normalized spacial score (nSPS) is 16.5. The minimum Gasteiger partial charge on any atom is -0.504 e. The number of fused-ring (bicyclic) bond motifs is 1. The molecule has 0 bridgehead atoms. The first kappa shape index (κ1) is 14.4. The van der Waals surface area contributed by atoms with Crippen molar-refractivity contribution >= 4 is 0 Å². The van der Waals surface area contributed by atoms with Gasteiger partial charge in [-0.3, -0.25) is 0 Å². The maximum atomic E-state index is 10.0. The van der Waals surface area contributed by atoms with Crippen molar-refractivity contribution in [2.24, 2.45) is 0 Å². The highest BCUT2D eigenvalue weighted by Crippen LogP contribution is 2.44. The Kier molecular flexibility index (Phi) is 3.71. The predicted octanol–water partition coefficient (Wildman–Crippen LogP) is 3.03. The lowest BCUT2D eigenvalue weighted by molar-refractivity contribution is 0.272. The van der Waals surface area contributed by atoms with E-state index >= 15 is 0 Å². The summed E-state index contributed by atoms with van der Waals surface area (Å²) in [6.45, 7) is 0.578. The van der Waals surface area contributed by atoms with Crippen LogP contribution in [-0.4, -0.2) is 31.0 Å². The van der Waals surface area contributed by atoms with Crippen molar-refractivity contribution in [1.82, 2.24) is 0 Å². The summed E-state index contributed by atoms with van der Waals surface area (Å²) >= 11 is 0. The Hall–Kier alpha value is -2.56. The number of hydrogen-bond donors (Lipinski definition) is 2. The molecule has 1 aliphatic rings. The minimum atomic E-state index is 0.0649. The molecule has 0 aromatic heterocycles. The average Bonchev–Trinajstić information content (AvgIpc) is 2.54. The van der Waals surface area contributed by atoms with Gasteiger partial charge in [-0.25, -0.2) is 0 Å². The van der Waals surface area contributed by atoms with E-state index in [0.29, 0.717) is 23.9 Å². The fourth-order valence-electron chi connectivity index (χ4n) is 2.83. The molecule has 22 heavy (non-hydrogen) atoms. The van der Waals surface area contributed by atoms with Crippen LogP contribution in [0.15, 0.2) is 30.3 Å². The third-order valence-electron chi connectivity index (χ3n) is 3.96. The van der Waals surface area contributed by atoms with Gasteiger partial charge in [-0.05, 0) is 30.2 Å². The van der Waals surface area contributed by atoms with Gasteiger partial charge in [0, 0.05) is 17.5 Å². The van der Waals surface area contributed by atoms with E-state index in [9.17, 15) is 10.2 Å². The van der Waals surface area contributed by atoms with Gasteiger partial charge in [0.05, 0.1) is 20.8 Å². The van der Waals surface area contributed by atoms with E-state index in [1.165, 1.54) is 14.2 Å². The molecule has 0 amide bonds. The molecule has 2 aromatic rings. The fraction of sp³-hybridized carbons (Fsp3) is 0.294. The Labute approximate surface area is 128 Å². The number of aromatic hydroxyl groups is 2. The van der Waals surface area contributed by atoms with Crippen molar-refractivity contribution in [3.05, 3.63) is 41.5 Å². The molecule has 0 saturated heterocycles. The van der Waals surface area contributed by atoms with Crippen molar-refractivity contribution in [2.45, 2.75) is 12.3 Å². The van der Waals surface area contributed by atoms with E-state index in [1.54, 1.807) is 18.2 Å². The van der Waals surface area contributed by atoms with Gasteiger partial charge in [0.25, 0.3) is 0 Å². The molecule has 0 saturated carbocycles. The quantitative estimate of drug-likeness (QED) is 0.912. The van der Waals surface area contributed by atoms with Crippen LogP contribution in [0.1, 0.15) is 23.5 Å². The van der Waals surface area contributed by atoms with Crippen LogP contribution in [0.3, 0.4) is 0 Å². The lowest BCUT2D eigenvalue weighted by atomic mass is 9.86. The average molecular weight is 302 g/mol. The minimum absolute atomic E-state index is 0.0649. The molecule has 0 aliphatic carbocycles. The summed E-state index contributed by atoms with van der Waals surface area (Å²) in [5.74, 6) is 1.79. The maximum absolute atomic E-state index is 10.0. The standard InChI is InChI=1S/C17H18O5/c1-20-16-7-10(3-4-13(16)18)11-5-6-22-15-9-17(21-2)14(19)8-12(11)15/h3-4,7-9,11,18-19H,5-6H2,1-2H3/t11-/m1/s1. The van der Waals surface area contributed by atoms with E-state index in [2.05, 4.69) is 0 Å². The van der Waals surface area contributed by atoms with Gasteiger partial charge in [0.1, 0.15) is 5.75 Å². The van der Waals surface area contributed by atoms with Gasteiger partial charge in [-0.2, -0.15) is 0 Å². The first-order valence-electron chi connectivity index (χ1n) is 7.04. The molecule has 2 N–H and O–H groups in total. The zero-order chi connectivity index (χ0) is 15.7. The number of phenolic OH excluding ortho intramolecular Hbond substituents is 2. The predicted molar refractivity (Wildman–Crippen MR) is 81.3 cm³/mol. The second-order valence-corrected chi connectivity index (χ2v) is 5.18. The molecule has 1 atom stereocenters. The van der Waals surface area contributed by atoms with Gasteiger partial charge >= 0.3 is 0 Å². The summed E-state index contributed by atoms with van der Waals surface area (Å²) < 4.78 is 16.0. The van der Waals surface area contributed by atoms with Crippen LogP contribution in [-0.2, 0) is 0 Å². The third kappa shape index (κ3) is 2.39. The van der Waals surface area contributed by atoms with Crippen molar-refractivity contribution in [3.8, 4) is 28.7 Å². The highest BCUT2D eigenvalue weighted by Gasteiger charge is 2.26. The molecular formula is C17H18O5. The van der Waals surface area contributed by atoms with Gasteiger partial charge in [0.2, 0.25) is 0 Å². The Bertz CT molecular complexity index is 696. The molecule has 5 heteroatoms. The van der Waals surface area contributed by atoms with E-state index in [-0.39, 0.29) is 17.4 Å². The smallest absolute Gasteiger partial charge is 0.164 e. The van der Waals surface area contributed by atoms with E-state index in [1.807, 2.05) is 12.1 Å². The lowest BCUT2D eigenvalue weighted by Crippen LogP contribution is -2.15. The van der Waals surface area contributed by atoms with Crippen molar-refractivity contribution in [2.75, 3.05) is 20.8 Å². The van der Waals surface area contributed by atoms with Crippen LogP contribution >= 0.6 is 0 Å². The molecule has 0 unspecified atom stereocenters. The van der Waals surface area contributed by atoms with Crippen LogP contribution < -0.4 is 14.2 Å². The first-order chi connectivity index (χ1) is 10.6. The van der Waals surface area contributed by atoms with Gasteiger partial charge in [0.15, 0.2) is 23.0 Å². The Morgan fingerprint density at radius 1 is 1.00 bits per heavy atom. The molecule has 1 heterocycles. The van der Waals surface area contributed by atoms with Gasteiger partial charge in [-0.1, -0.05) is 6.07 Å². The number of methoxy groups -OCH3 is 2. The van der Waals surface area contributed by atoms with Crippen LogP contribution in [0.5, 0.6) is 28.7 Å². The molecule has 2 aromatic carbocycles. The third-order valence-corrected chi connectivity index (χ3v) is 3.96. The number of benzene rings is 2. The SMILES string of the molecule is COc1cc([C@H]2CCOc3cc(OC)c(O)cc32)ccc1O. The summed E-state index contributed by atoms with van der Waals surface area (Å²) in [5.41, 5.74) is 1.90. The monoisotopic (exact) mass is 302 g/mol. The van der Waals surface area contributed by atoms with Crippen LogP contribution in [0.2, 0.25) is 0 Å². The molecule has 1 aliphatic heterocycles. The second kappa shape index (κ2) is 5.67. The summed E-state index contributed by atoms with van der Waals surface area (Å²) in [5, 5.41) is 19.8. The topological polar surface area (TPSA) is 68.2 Å². The zero-order valence-electron chi connectivity index (χ0n) is 12.5. The molecule has 0 radical (unpaired) electrons. The van der Waals surface area contributed by atoms with Crippen molar-refractivity contribution < 1.29 is 24.4 Å². The van der Waals surface area contributed by atoms with Gasteiger partial charge < -0.3 is 24.4 Å². The highest BCUT2D eigenvalue weighted by atomic mass is 16.5. The largest absolute Gasteiger partial charge is 0.504 e. The molecule has 0 spiro atoms. The summed E-state index contributed by atoms with van der Waals surface area (Å²) in [4.78, 5) is 0. The molecule has 0 fully saturated rings. The zero-order valence-corrected chi connectivity index (χ0v) is 12.5. The van der Waals surface area contributed by atoms with Crippen LogP contribution in [0, 0.1) is 0 Å². The van der Waals surface area contributed by atoms with E-state index in [0.717, 1.165) is 17.5 Å². The van der Waals surface area contributed by atoms with Crippen LogP contribution in [0.25, 0.3) is 0 Å². The molecule has 5 nitrogen and oxygen atoms in total. The highest BCUT2D eigenvalue weighted by molar-refractivity contribution is 5.55. The maximum Gasteiger partial charge on any atom is 0.164 e. The first-order valence-corrected chi connectivity index (χ1v) is 7.04. The van der Waals surface area contributed by atoms with Crippen LogP contribution in [0.4, 0.5) is 0 Å². The summed E-state index contributed by atoms with van der Waals surface area (Å²) in [7, 11) is 3.03. The van der Waals surface area contributed by atoms with E-state index in [4.69, 9.17) is 14.2 Å². The molecular weight excluding hydrogens is 284 g/mol. The van der Waals surface area contributed by atoms with E-state index < -0.39 is 0 Å². The Morgan fingerprint density at radius 3 is 2.45 bits per heavy atom. The lowest BCUT2D eigenvalue weighted by Gasteiger charge is -2.27. The second-order valence-electron chi connectivity index (χ2n) is 5.18. The van der Waals surface area contributed by atoms with Crippen molar-refractivity contribution in [3.63, 3.8) is 0 Å². The Morgan fingerprint density at radius 2 is 1.73 bits per heavy atom. The Balaban J connectivity index is 2.06. The summed E-state index contributed by atoms with van der Waals surface area (Å²) in [6.07, 6.45) is 0.784. The number of hydrogen-bond acceptors (Lipinski definition) is 5. The summed E-state index contributed by atoms with van der Waals surface area (Å²) in [6, 6.07) is 8.67. The van der Waals surface area contributed by atoms with Gasteiger partial charge in [-0.15, -0.1) is 0 Å². The number of rotatable bonds is 3. The molecule has 116 valence electrons. The fourth-order valence-corrected chi connectivity index (χ4v) is 2.83. The number of ether oxygens (including phenoxy) is 3. The van der Waals surface area contributed by atoms with Crippen molar-refractivity contribution in [1.29, 1.82) is 0 Å². The number of phenols is 2. The molecule has 3 rings (SSSR count).